The van der Waals surface area contributed by atoms with Gasteiger partial charge in [0.25, 0.3) is 0 Å². The number of aromatic hydroxyl groups is 1. The zero-order valence-electron chi connectivity index (χ0n) is 17.1. The highest BCUT2D eigenvalue weighted by Gasteiger charge is 2.26. The van der Waals surface area contributed by atoms with Gasteiger partial charge in [-0.15, -0.1) is 0 Å². The maximum Gasteiger partial charge on any atom is 0.326 e. The first-order valence-electron chi connectivity index (χ1n) is 9.98. The Balaban J connectivity index is 2.54. The lowest BCUT2D eigenvalue weighted by Crippen LogP contribution is -2.53. The Labute approximate surface area is 171 Å². The van der Waals surface area contributed by atoms with Crippen LogP contribution in [0.1, 0.15) is 51.5 Å². The van der Waals surface area contributed by atoms with Gasteiger partial charge in [-0.1, -0.05) is 45.2 Å². The van der Waals surface area contributed by atoms with Crippen molar-refractivity contribution in [1.82, 2.24) is 10.6 Å². The normalized spacial score (nSPS) is 13.9. The van der Waals surface area contributed by atoms with E-state index in [1.54, 1.807) is 12.1 Å². The van der Waals surface area contributed by atoms with Crippen LogP contribution in [-0.4, -0.2) is 51.8 Å². The lowest BCUT2D eigenvalue weighted by atomic mass is 10.0. The van der Waals surface area contributed by atoms with E-state index in [0.29, 0.717) is 17.9 Å². The Morgan fingerprint density at radius 3 is 2.24 bits per heavy atom. The molecule has 0 saturated heterocycles. The van der Waals surface area contributed by atoms with Gasteiger partial charge in [0.1, 0.15) is 17.8 Å². The van der Waals surface area contributed by atoms with Crippen LogP contribution in [0.2, 0.25) is 0 Å². The number of aliphatic carboxylic acids is 1. The maximum atomic E-state index is 12.3. The van der Waals surface area contributed by atoms with Gasteiger partial charge >= 0.3 is 5.97 Å². The largest absolute Gasteiger partial charge is 0.508 e. The summed E-state index contributed by atoms with van der Waals surface area (Å²) in [6.07, 6.45) is 3.97. The Hall–Kier alpha value is -2.61. The quantitative estimate of drug-likeness (QED) is 0.315. The summed E-state index contributed by atoms with van der Waals surface area (Å²) in [7, 11) is 0. The molecular weight excluding hydrogens is 376 g/mol. The highest BCUT2D eigenvalue weighted by Crippen LogP contribution is 2.13. The third-order valence-electron chi connectivity index (χ3n) is 4.87. The number of amides is 2. The van der Waals surface area contributed by atoms with E-state index in [-0.39, 0.29) is 24.5 Å². The van der Waals surface area contributed by atoms with E-state index in [0.717, 1.165) is 19.3 Å². The molecule has 0 aromatic heterocycles. The topological polar surface area (TPSA) is 136 Å². The van der Waals surface area contributed by atoms with Crippen molar-refractivity contribution >= 4 is 17.8 Å². The summed E-state index contributed by atoms with van der Waals surface area (Å²) >= 11 is 0. The average Bonchev–Trinajstić information content (AvgIpc) is 2.69. The molecule has 1 rings (SSSR count). The van der Waals surface area contributed by atoms with Crippen molar-refractivity contribution in [3.63, 3.8) is 0 Å². The first-order valence-corrected chi connectivity index (χ1v) is 9.98. The number of carbonyl (C=O) groups excluding carboxylic acids is 2. The number of phenolic OH excluding ortho intramolecular Hbond substituents is 1. The van der Waals surface area contributed by atoms with Gasteiger partial charge in [0, 0.05) is 12.8 Å². The average molecular weight is 408 g/mol. The number of hydrogen-bond donors (Lipinski definition) is 5. The van der Waals surface area contributed by atoms with E-state index >= 15 is 0 Å². The van der Waals surface area contributed by atoms with Gasteiger partial charge in [0.2, 0.25) is 11.8 Å². The van der Waals surface area contributed by atoms with E-state index < -0.39 is 30.6 Å². The number of carboxylic acids is 1. The number of carbonyl (C=O) groups is 3. The lowest BCUT2D eigenvalue weighted by Gasteiger charge is -2.20. The van der Waals surface area contributed by atoms with Crippen molar-refractivity contribution in [2.24, 2.45) is 5.92 Å². The van der Waals surface area contributed by atoms with Crippen LogP contribution < -0.4 is 10.6 Å². The Morgan fingerprint density at radius 2 is 1.69 bits per heavy atom. The summed E-state index contributed by atoms with van der Waals surface area (Å²) in [6, 6.07) is 3.53. The molecule has 0 aliphatic carbocycles. The third-order valence-corrected chi connectivity index (χ3v) is 4.87. The van der Waals surface area contributed by atoms with Gasteiger partial charge < -0.3 is 26.0 Å². The van der Waals surface area contributed by atoms with Gasteiger partial charge in [0.15, 0.2) is 0 Å². The molecule has 8 nitrogen and oxygen atoms in total. The molecule has 5 N–H and O–H groups in total. The minimum Gasteiger partial charge on any atom is -0.508 e. The molecule has 3 atom stereocenters. The zero-order valence-corrected chi connectivity index (χ0v) is 17.1. The predicted octanol–water partition coefficient (Wildman–Crippen LogP) is 1.59. The van der Waals surface area contributed by atoms with Gasteiger partial charge in [-0.05, 0) is 30.0 Å². The standard InChI is InChI=1S/C21H32N2O6/c1-3-14(2)6-4-5-7-19(26)22-18(13-24)20(27)23-17(21(28)29)12-15-8-10-16(25)11-9-15/h8-11,14,17-18,24-25H,3-7,12-13H2,1-2H3,(H,22,26)(H,23,27)(H,28,29)/t14-,17+,18+/m0/s1. The fraction of sp³-hybridized carbons (Fsp3) is 0.571. The number of hydrogen-bond acceptors (Lipinski definition) is 5. The molecule has 29 heavy (non-hydrogen) atoms. The van der Waals surface area contributed by atoms with Crippen LogP contribution >= 0.6 is 0 Å². The molecule has 8 heteroatoms. The van der Waals surface area contributed by atoms with Crippen molar-refractivity contribution in [2.75, 3.05) is 6.61 Å². The molecule has 0 saturated carbocycles. The van der Waals surface area contributed by atoms with E-state index in [9.17, 15) is 29.7 Å². The second-order valence-electron chi connectivity index (χ2n) is 7.33. The molecule has 1 aromatic rings. The summed E-state index contributed by atoms with van der Waals surface area (Å²) in [5.74, 6) is -1.69. The molecule has 0 heterocycles. The molecule has 2 amide bonds. The molecule has 0 fully saturated rings. The molecule has 1 aromatic carbocycles. The summed E-state index contributed by atoms with van der Waals surface area (Å²) in [5.41, 5.74) is 0.612. The van der Waals surface area contributed by atoms with Crippen molar-refractivity contribution < 1.29 is 29.7 Å². The van der Waals surface area contributed by atoms with Crippen molar-refractivity contribution in [2.45, 2.75) is 64.5 Å². The van der Waals surface area contributed by atoms with Gasteiger partial charge in [-0.25, -0.2) is 4.79 Å². The zero-order chi connectivity index (χ0) is 21.8. The molecule has 0 aliphatic rings. The fourth-order valence-corrected chi connectivity index (χ4v) is 2.78. The van der Waals surface area contributed by atoms with E-state index in [4.69, 9.17) is 0 Å². The van der Waals surface area contributed by atoms with Crippen molar-refractivity contribution in [3.05, 3.63) is 29.8 Å². The number of rotatable bonds is 13. The van der Waals surface area contributed by atoms with Gasteiger partial charge in [0.05, 0.1) is 6.61 Å². The number of unbranched alkanes of at least 4 members (excludes halogenated alkanes) is 1. The molecule has 0 aliphatic heterocycles. The molecule has 0 radical (unpaired) electrons. The molecule has 0 spiro atoms. The maximum absolute atomic E-state index is 12.3. The van der Waals surface area contributed by atoms with Crippen molar-refractivity contribution in [3.8, 4) is 5.75 Å². The number of nitrogens with one attached hydrogen (secondary N) is 2. The first-order chi connectivity index (χ1) is 13.8. The van der Waals surface area contributed by atoms with E-state index in [1.807, 2.05) is 0 Å². The first kappa shape index (κ1) is 24.4. The highest BCUT2D eigenvalue weighted by molar-refractivity contribution is 5.90. The van der Waals surface area contributed by atoms with Crippen LogP contribution in [0.15, 0.2) is 24.3 Å². The van der Waals surface area contributed by atoms with E-state index in [1.165, 1.54) is 12.1 Å². The second-order valence-corrected chi connectivity index (χ2v) is 7.33. The smallest absolute Gasteiger partial charge is 0.326 e. The summed E-state index contributed by atoms with van der Waals surface area (Å²) in [4.78, 5) is 35.8. The van der Waals surface area contributed by atoms with Crippen LogP contribution in [0, 0.1) is 5.92 Å². The Bertz CT molecular complexity index is 662. The molecular formula is C21H32N2O6. The van der Waals surface area contributed by atoms with Crippen molar-refractivity contribution in [1.29, 1.82) is 0 Å². The predicted molar refractivity (Wildman–Crippen MR) is 108 cm³/mol. The summed E-state index contributed by atoms with van der Waals surface area (Å²) < 4.78 is 0. The van der Waals surface area contributed by atoms with Crippen LogP contribution in [0.5, 0.6) is 5.75 Å². The lowest BCUT2D eigenvalue weighted by molar-refractivity contribution is -0.142. The van der Waals surface area contributed by atoms with Crippen LogP contribution in [-0.2, 0) is 20.8 Å². The Morgan fingerprint density at radius 1 is 1.03 bits per heavy atom. The number of phenols is 1. The minimum absolute atomic E-state index is 0.00304. The molecule has 0 bridgehead atoms. The molecule has 0 unspecified atom stereocenters. The summed E-state index contributed by atoms with van der Waals surface area (Å²) in [5, 5.41) is 32.9. The number of carboxylic acid groups (broad SMARTS) is 1. The van der Waals surface area contributed by atoms with Crippen LogP contribution in [0.4, 0.5) is 0 Å². The Kier molecular flexibility index (Phi) is 10.8. The number of aliphatic hydroxyl groups is 1. The molecule has 162 valence electrons. The van der Waals surface area contributed by atoms with Gasteiger partial charge in [-0.3, -0.25) is 9.59 Å². The third kappa shape index (κ3) is 9.43. The summed E-state index contributed by atoms with van der Waals surface area (Å²) in [6.45, 7) is 3.65. The highest BCUT2D eigenvalue weighted by atomic mass is 16.4. The minimum atomic E-state index is -1.24. The van der Waals surface area contributed by atoms with Gasteiger partial charge in [-0.2, -0.15) is 0 Å². The SMILES string of the molecule is CC[C@H](C)CCCCC(=O)N[C@H](CO)C(=O)N[C@H](Cc1ccc(O)cc1)C(=O)O. The fourth-order valence-electron chi connectivity index (χ4n) is 2.78. The number of benzene rings is 1. The van der Waals surface area contributed by atoms with Crippen LogP contribution in [0.3, 0.4) is 0 Å². The second kappa shape index (κ2) is 12.8. The van der Waals surface area contributed by atoms with E-state index in [2.05, 4.69) is 24.5 Å². The van der Waals surface area contributed by atoms with Crippen LogP contribution in [0.25, 0.3) is 0 Å². The monoisotopic (exact) mass is 408 g/mol. The number of aliphatic hydroxyl groups excluding tert-OH is 1.